The van der Waals surface area contributed by atoms with Crippen molar-refractivity contribution < 1.29 is 18.3 Å². The molecule has 0 radical (unpaired) electrons. The highest BCUT2D eigenvalue weighted by molar-refractivity contribution is 6.30. The zero-order valence-electron chi connectivity index (χ0n) is 11.1. The van der Waals surface area contributed by atoms with Crippen molar-refractivity contribution in [2.75, 3.05) is 12.4 Å². The van der Waals surface area contributed by atoms with Gasteiger partial charge in [-0.05, 0) is 35.9 Å². The Bertz CT molecular complexity index is 656. The van der Waals surface area contributed by atoms with Crippen LogP contribution in [0.3, 0.4) is 0 Å². The highest BCUT2D eigenvalue weighted by atomic mass is 35.5. The van der Waals surface area contributed by atoms with Gasteiger partial charge in [-0.25, -0.2) is 13.6 Å². The molecule has 0 bridgehead atoms. The number of benzene rings is 2. The Balaban J connectivity index is 2.10. The molecule has 0 heterocycles. The van der Waals surface area contributed by atoms with Crippen LogP contribution in [0.1, 0.15) is 15.9 Å². The molecule has 2 rings (SSSR count). The lowest BCUT2D eigenvalue weighted by atomic mass is 10.1. The number of halogens is 3. The zero-order chi connectivity index (χ0) is 15.4. The van der Waals surface area contributed by atoms with Crippen LogP contribution >= 0.6 is 11.6 Å². The SMILES string of the molecule is COC(=O)c1ccc(CNc2cc(F)cc(Cl)c2)cc1F. The van der Waals surface area contributed by atoms with Crippen molar-refractivity contribution >= 4 is 23.3 Å². The van der Waals surface area contributed by atoms with Crippen LogP contribution in [0.15, 0.2) is 36.4 Å². The van der Waals surface area contributed by atoms with E-state index in [2.05, 4.69) is 10.1 Å². The van der Waals surface area contributed by atoms with Gasteiger partial charge in [0.05, 0.1) is 12.7 Å². The van der Waals surface area contributed by atoms with E-state index in [4.69, 9.17) is 11.6 Å². The Hall–Kier alpha value is -2.14. The normalized spacial score (nSPS) is 10.3. The maximum atomic E-state index is 13.7. The summed E-state index contributed by atoms with van der Waals surface area (Å²) in [6.45, 7) is 0.262. The van der Waals surface area contributed by atoms with Gasteiger partial charge >= 0.3 is 5.97 Å². The fraction of sp³-hybridized carbons (Fsp3) is 0.133. The van der Waals surface area contributed by atoms with Crippen LogP contribution in [0.5, 0.6) is 0 Å². The average molecular weight is 312 g/mol. The molecular weight excluding hydrogens is 300 g/mol. The van der Waals surface area contributed by atoms with E-state index in [1.54, 1.807) is 12.1 Å². The predicted molar refractivity (Wildman–Crippen MR) is 76.5 cm³/mol. The van der Waals surface area contributed by atoms with E-state index < -0.39 is 17.6 Å². The summed E-state index contributed by atoms with van der Waals surface area (Å²) in [4.78, 5) is 11.3. The van der Waals surface area contributed by atoms with E-state index in [0.29, 0.717) is 11.3 Å². The van der Waals surface area contributed by atoms with Gasteiger partial charge < -0.3 is 10.1 Å². The summed E-state index contributed by atoms with van der Waals surface area (Å²) in [6.07, 6.45) is 0. The second-order valence-corrected chi connectivity index (χ2v) is 4.75. The minimum Gasteiger partial charge on any atom is -0.465 e. The van der Waals surface area contributed by atoms with Gasteiger partial charge in [-0.3, -0.25) is 0 Å². The summed E-state index contributed by atoms with van der Waals surface area (Å²) in [5.41, 5.74) is 0.952. The topological polar surface area (TPSA) is 38.3 Å². The number of ether oxygens (including phenoxy) is 1. The van der Waals surface area contributed by atoms with Crippen molar-refractivity contribution in [2.45, 2.75) is 6.54 Å². The third-order valence-corrected chi connectivity index (χ3v) is 3.02. The first-order valence-corrected chi connectivity index (χ1v) is 6.44. The molecule has 0 atom stereocenters. The molecule has 0 unspecified atom stereocenters. The molecule has 2 aromatic rings. The highest BCUT2D eigenvalue weighted by Crippen LogP contribution is 2.19. The van der Waals surface area contributed by atoms with Gasteiger partial charge in [0, 0.05) is 17.3 Å². The van der Waals surface area contributed by atoms with Crippen LogP contribution in [-0.4, -0.2) is 13.1 Å². The highest BCUT2D eigenvalue weighted by Gasteiger charge is 2.12. The first-order valence-electron chi connectivity index (χ1n) is 6.06. The number of esters is 1. The summed E-state index contributed by atoms with van der Waals surface area (Å²) in [7, 11) is 1.19. The number of anilines is 1. The number of carbonyl (C=O) groups excluding carboxylic acids is 1. The second kappa shape index (κ2) is 6.54. The number of carbonyl (C=O) groups is 1. The molecule has 0 saturated carbocycles. The van der Waals surface area contributed by atoms with Crippen molar-refractivity contribution in [3.63, 3.8) is 0 Å². The lowest BCUT2D eigenvalue weighted by Crippen LogP contribution is -2.06. The molecule has 0 aliphatic carbocycles. The Morgan fingerprint density at radius 2 is 2.00 bits per heavy atom. The molecule has 0 aromatic heterocycles. The lowest BCUT2D eigenvalue weighted by molar-refractivity contribution is 0.0595. The molecule has 0 aliphatic rings. The van der Waals surface area contributed by atoms with Crippen molar-refractivity contribution in [3.8, 4) is 0 Å². The van der Waals surface area contributed by atoms with Gasteiger partial charge in [0.1, 0.15) is 11.6 Å². The van der Waals surface area contributed by atoms with Crippen LogP contribution in [0.25, 0.3) is 0 Å². The monoisotopic (exact) mass is 311 g/mol. The summed E-state index contributed by atoms with van der Waals surface area (Å²) in [5.74, 6) is -1.86. The van der Waals surface area contributed by atoms with E-state index in [1.807, 2.05) is 0 Å². The van der Waals surface area contributed by atoms with Crippen molar-refractivity contribution in [1.82, 2.24) is 0 Å². The molecule has 0 aliphatic heterocycles. The molecule has 0 saturated heterocycles. The first kappa shape index (κ1) is 15.3. The fourth-order valence-electron chi connectivity index (χ4n) is 1.80. The molecule has 2 aromatic carbocycles. The third-order valence-electron chi connectivity index (χ3n) is 2.80. The number of nitrogens with one attached hydrogen (secondary N) is 1. The molecular formula is C15H12ClF2NO2. The summed E-state index contributed by atoms with van der Waals surface area (Å²) in [5, 5.41) is 3.19. The molecule has 6 heteroatoms. The van der Waals surface area contributed by atoms with Crippen LogP contribution in [0.2, 0.25) is 5.02 Å². The lowest BCUT2D eigenvalue weighted by Gasteiger charge is -2.08. The molecule has 0 spiro atoms. The van der Waals surface area contributed by atoms with E-state index in [0.717, 1.165) is 0 Å². The minimum atomic E-state index is -0.732. The molecule has 0 fully saturated rings. The maximum Gasteiger partial charge on any atom is 0.340 e. The second-order valence-electron chi connectivity index (χ2n) is 4.32. The van der Waals surface area contributed by atoms with Gasteiger partial charge in [0.25, 0.3) is 0 Å². The Kier molecular flexibility index (Phi) is 4.75. The first-order chi connectivity index (χ1) is 9.99. The molecule has 1 N–H and O–H groups in total. The number of methoxy groups -OCH3 is 1. The van der Waals surface area contributed by atoms with Crippen LogP contribution in [0, 0.1) is 11.6 Å². The van der Waals surface area contributed by atoms with Crippen molar-refractivity contribution in [1.29, 1.82) is 0 Å². The average Bonchev–Trinajstić information content (AvgIpc) is 2.43. The molecule has 110 valence electrons. The Morgan fingerprint density at radius 1 is 1.24 bits per heavy atom. The zero-order valence-corrected chi connectivity index (χ0v) is 11.9. The summed E-state index contributed by atoms with van der Waals surface area (Å²) < 4.78 is 31.4. The minimum absolute atomic E-state index is 0.130. The van der Waals surface area contributed by atoms with Gasteiger partial charge in [-0.1, -0.05) is 17.7 Å². The quantitative estimate of drug-likeness (QED) is 0.867. The van der Waals surface area contributed by atoms with E-state index in [9.17, 15) is 13.6 Å². The number of rotatable bonds is 4. The van der Waals surface area contributed by atoms with E-state index >= 15 is 0 Å². The van der Waals surface area contributed by atoms with Crippen molar-refractivity contribution in [3.05, 3.63) is 64.2 Å². The largest absolute Gasteiger partial charge is 0.465 e. The van der Waals surface area contributed by atoms with Crippen LogP contribution < -0.4 is 5.32 Å². The van der Waals surface area contributed by atoms with Gasteiger partial charge in [0.15, 0.2) is 0 Å². The smallest absolute Gasteiger partial charge is 0.340 e. The number of hydrogen-bond acceptors (Lipinski definition) is 3. The molecule has 3 nitrogen and oxygen atoms in total. The maximum absolute atomic E-state index is 13.7. The standard InChI is InChI=1S/C15H12ClF2NO2/c1-21-15(20)13-3-2-9(4-14(13)18)8-19-12-6-10(16)5-11(17)7-12/h2-7,19H,8H2,1H3. The summed E-state index contributed by atoms with van der Waals surface area (Å²) in [6, 6.07) is 8.19. The van der Waals surface area contributed by atoms with Gasteiger partial charge in [0.2, 0.25) is 0 Å². The Morgan fingerprint density at radius 3 is 2.62 bits per heavy atom. The van der Waals surface area contributed by atoms with Crippen LogP contribution in [-0.2, 0) is 11.3 Å². The van der Waals surface area contributed by atoms with Gasteiger partial charge in [-0.2, -0.15) is 0 Å². The molecule has 0 amide bonds. The summed E-state index contributed by atoms with van der Waals surface area (Å²) >= 11 is 5.74. The van der Waals surface area contributed by atoms with E-state index in [1.165, 1.54) is 31.4 Å². The Labute approximate surface area is 125 Å². The van der Waals surface area contributed by atoms with Gasteiger partial charge in [-0.15, -0.1) is 0 Å². The predicted octanol–water partition coefficient (Wildman–Crippen LogP) is 4.02. The molecule has 21 heavy (non-hydrogen) atoms. The third kappa shape index (κ3) is 3.92. The fourth-order valence-corrected chi connectivity index (χ4v) is 2.03. The van der Waals surface area contributed by atoms with E-state index in [-0.39, 0.29) is 17.1 Å². The van der Waals surface area contributed by atoms with Crippen LogP contribution in [0.4, 0.5) is 14.5 Å². The number of hydrogen-bond donors (Lipinski definition) is 1. The van der Waals surface area contributed by atoms with Crippen molar-refractivity contribution in [2.24, 2.45) is 0 Å².